The van der Waals surface area contributed by atoms with E-state index in [1.807, 2.05) is 43.3 Å². The van der Waals surface area contributed by atoms with Crippen LogP contribution in [0.15, 0.2) is 46.9 Å². The van der Waals surface area contributed by atoms with Crippen molar-refractivity contribution in [2.45, 2.75) is 13.5 Å². The second-order valence-electron chi connectivity index (χ2n) is 4.84. The SMILES string of the molecule is COc1ccc(NCc2c(C)oc3ccccc23)cc1Cl. The Hall–Kier alpha value is -2.13. The summed E-state index contributed by atoms with van der Waals surface area (Å²) in [5.74, 6) is 1.61. The molecule has 0 saturated heterocycles. The lowest BCUT2D eigenvalue weighted by molar-refractivity contribution is 0.415. The molecule has 0 saturated carbocycles. The third-order valence-electron chi connectivity index (χ3n) is 3.52. The van der Waals surface area contributed by atoms with Gasteiger partial charge in [0.05, 0.1) is 12.1 Å². The van der Waals surface area contributed by atoms with Crippen LogP contribution >= 0.6 is 11.6 Å². The summed E-state index contributed by atoms with van der Waals surface area (Å²) in [5.41, 5.74) is 3.03. The number of furan rings is 1. The Bertz CT molecular complexity index is 780. The van der Waals surface area contributed by atoms with Crippen molar-refractivity contribution in [3.05, 3.63) is 58.8 Å². The van der Waals surface area contributed by atoms with Crippen molar-refractivity contribution in [3.63, 3.8) is 0 Å². The molecule has 108 valence electrons. The van der Waals surface area contributed by atoms with E-state index in [1.54, 1.807) is 7.11 Å². The fourth-order valence-corrected chi connectivity index (χ4v) is 2.67. The summed E-state index contributed by atoms with van der Waals surface area (Å²) in [4.78, 5) is 0. The summed E-state index contributed by atoms with van der Waals surface area (Å²) in [5, 5.41) is 5.11. The lowest BCUT2D eigenvalue weighted by Gasteiger charge is -2.09. The van der Waals surface area contributed by atoms with Crippen LogP contribution in [0.4, 0.5) is 5.69 Å². The monoisotopic (exact) mass is 301 g/mol. The Morgan fingerprint density at radius 1 is 1.19 bits per heavy atom. The number of para-hydroxylation sites is 1. The molecule has 0 amide bonds. The van der Waals surface area contributed by atoms with Crippen LogP contribution in [0.5, 0.6) is 5.75 Å². The maximum absolute atomic E-state index is 6.13. The topological polar surface area (TPSA) is 34.4 Å². The molecule has 0 atom stereocenters. The molecule has 4 heteroatoms. The first-order chi connectivity index (χ1) is 10.2. The Morgan fingerprint density at radius 2 is 2.00 bits per heavy atom. The molecule has 2 aromatic carbocycles. The first kappa shape index (κ1) is 13.8. The van der Waals surface area contributed by atoms with E-state index in [4.69, 9.17) is 20.8 Å². The van der Waals surface area contributed by atoms with E-state index >= 15 is 0 Å². The summed E-state index contributed by atoms with van der Waals surface area (Å²) in [6.07, 6.45) is 0. The molecule has 1 heterocycles. The van der Waals surface area contributed by atoms with Gasteiger partial charge in [-0.3, -0.25) is 0 Å². The molecule has 0 radical (unpaired) electrons. The minimum Gasteiger partial charge on any atom is -0.495 e. The zero-order valence-corrected chi connectivity index (χ0v) is 12.7. The molecule has 0 fully saturated rings. The van der Waals surface area contributed by atoms with Crippen molar-refractivity contribution in [1.29, 1.82) is 0 Å². The largest absolute Gasteiger partial charge is 0.495 e. The molecule has 1 aromatic heterocycles. The average Bonchev–Trinajstić information content (AvgIpc) is 2.81. The van der Waals surface area contributed by atoms with Gasteiger partial charge in [-0.05, 0) is 31.2 Å². The molecule has 21 heavy (non-hydrogen) atoms. The van der Waals surface area contributed by atoms with Gasteiger partial charge in [0.15, 0.2) is 0 Å². The zero-order valence-electron chi connectivity index (χ0n) is 11.9. The molecule has 1 N–H and O–H groups in total. The van der Waals surface area contributed by atoms with E-state index in [1.165, 1.54) is 0 Å². The zero-order chi connectivity index (χ0) is 14.8. The molecule has 0 aliphatic heterocycles. The lowest BCUT2D eigenvalue weighted by atomic mass is 10.1. The quantitative estimate of drug-likeness (QED) is 0.735. The smallest absolute Gasteiger partial charge is 0.137 e. The van der Waals surface area contributed by atoms with Crippen LogP contribution < -0.4 is 10.1 Å². The van der Waals surface area contributed by atoms with Crippen molar-refractivity contribution < 1.29 is 9.15 Å². The molecule has 0 spiro atoms. The molecular formula is C17H16ClNO2. The number of methoxy groups -OCH3 is 1. The van der Waals surface area contributed by atoms with Crippen LogP contribution in [-0.2, 0) is 6.54 Å². The van der Waals surface area contributed by atoms with E-state index in [0.717, 1.165) is 28.0 Å². The van der Waals surface area contributed by atoms with Gasteiger partial charge in [0.2, 0.25) is 0 Å². The van der Waals surface area contributed by atoms with Crippen LogP contribution in [0.3, 0.4) is 0 Å². The summed E-state index contributed by atoms with van der Waals surface area (Å²) in [6, 6.07) is 13.7. The van der Waals surface area contributed by atoms with Gasteiger partial charge in [-0.15, -0.1) is 0 Å². The predicted octanol–water partition coefficient (Wildman–Crippen LogP) is 5.02. The van der Waals surface area contributed by atoms with Gasteiger partial charge in [-0.2, -0.15) is 0 Å². The van der Waals surface area contributed by atoms with Gasteiger partial charge < -0.3 is 14.5 Å². The number of fused-ring (bicyclic) bond motifs is 1. The number of benzene rings is 2. The van der Waals surface area contributed by atoms with Crippen molar-refractivity contribution in [2.75, 3.05) is 12.4 Å². The second-order valence-corrected chi connectivity index (χ2v) is 5.24. The van der Waals surface area contributed by atoms with E-state index in [-0.39, 0.29) is 0 Å². The summed E-state index contributed by atoms with van der Waals surface area (Å²) < 4.78 is 10.9. The highest BCUT2D eigenvalue weighted by molar-refractivity contribution is 6.32. The van der Waals surface area contributed by atoms with Gasteiger partial charge in [0.25, 0.3) is 0 Å². The molecular weight excluding hydrogens is 286 g/mol. The Kier molecular flexibility index (Phi) is 3.76. The first-order valence-corrected chi connectivity index (χ1v) is 7.11. The first-order valence-electron chi connectivity index (χ1n) is 6.73. The fourth-order valence-electron chi connectivity index (χ4n) is 2.41. The Balaban J connectivity index is 1.83. The van der Waals surface area contributed by atoms with E-state index < -0.39 is 0 Å². The number of ether oxygens (including phenoxy) is 1. The van der Waals surface area contributed by atoms with E-state index in [9.17, 15) is 0 Å². The number of hydrogen-bond donors (Lipinski definition) is 1. The number of rotatable bonds is 4. The molecule has 0 aliphatic carbocycles. The maximum atomic E-state index is 6.13. The van der Waals surface area contributed by atoms with Crippen LogP contribution in [-0.4, -0.2) is 7.11 Å². The van der Waals surface area contributed by atoms with Crippen LogP contribution in [0.25, 0.3) is 11.0 Å². The number of aryl methyl sites for hydroxylation is 1. The highest BCUT2D eigenvalue weighted by Gasteiger charge is 2.10. The molecule has 0 unspecified atom stereocenters. The minimum atomic E-state index is 0.594. The highest BCUT2D eigenvalue weighted by Crippen LogP contribution is 2.29. The lowest BCUT2D eigenvalue weighted by Crippen LogP contribution is -2.00. The van der Waals surface area contributed by atoms with Gasteiger partial charge >= 0.3 is 0 Å². The van der Waals surface area contributed by atoms with E-state index in [2.05, 4.69) is 11.4 Å². The van der Waals surface area contributed by atoms with E-state index in [0.29, 0.717) is 17.3 Å². The molecule has 0 bridgehead atoms. The third-order valence-corrected chi connectivity index (χ3v) is 3.82. The van der Waals surface area contributed by atoms with Gasteiger partial charge in [-0.25, -0.2) is 0 Å². The molecule has 3 aromatic rings. The van der Waals surface area contributed by atoms with Crippen LogP contribution in [0.1, 0.15) is 11.3 Å². The normalized spacial score (nSPS) is 10.8. The number of hydrogen-bond acceptors (Lipinski definition) is 3. The summed E-state index contributed by atoms with van der Waals surface area (Å²) in [7, 11) is 1.61. The second kappa shape index (κ2) is 5.70. The maximum Gasteiger partial charge on any atom is 0.137 e. The minimum absolute atomic E-state index is 0.594. The van der Waals surface area contributed by atoms with Gasteiger partial charge in [-0.1, -0.05) is 29.8 Å². The third kappa shape index (κ3) is 2.69. The van der Waals surface area contributed by atoms with Gasteiger partial charge in [0, 0.05) is 23.2 Å². The van der Waals surface area contributed by atoms with Crippen LogP contribution in [0.2, 0.25) is 5.02 Å². The van der Waals surface area contributed by atoms with Crippen molar-refractivity contribution in [1.82, 2.24) is 0 Å². The summed E-state index contributed by atoms with van der Waals surface area (Å²) in [6.45, 7) is 2.67. The number of nitrogens with one attached hydrogen (secondary N) is 1. The van der Waals surface area contributed by atoms with Crippen LogP contribution in [0, 0.1) is 6.92 Å². The predicted molar refractivity (Wildman–Crippen MR) is 86.3 cm³/mol. The molecule has 0 aliphatic rings. The van der Waals surface area contributed by atoms with Gasteiger partial charge in [0.1, 0.15) is 17.1 Å². The van der Waals surface area contributed by atoms with Crippen molar-refractivity contribution in [3.8, 4) is 5.75 Å². The number of anilines is 1. The Morgan fingerprint density at radius 3 is 2.76 bits per heavy atom. The number of halogens is 1. The van der Waals surface area contributed by atoms with Crippen molar-refractivity contribution >= 4 is 28.3 Å². The van der Waals surface area contributed by atoms with Crippen molar-refractivity contribution in [2.24, 2.45) is 0 Å². The fraction of sp³-hybridized carbons (Fsp3) is 0.176. The average molecular weight is 302 g/mol. The standard InChI is InChI=1S/C17H16ClNO2/c1-11-14(13-5-3-4-6-16(13)21-11)10-19-12-7-8-17(20-2)15(18)9-12/h3-9,19H,10H2,1-2H3. The Labute approximate surface area is 128 Å². The molecule has 3 rings (SSSR count). The molecule has 3 nitrogen and oxygen atoms in total. The summed E-state index contributed by atoms with van der Waals surface area (Å²) >= 11 is 6.13. The highest BCUT2D eigenvalue weighted by atomic mass is 35.5.